The van der Waals surface area contributed by atoms with Crippen molar-refractivity contribution in [2.24, 2.45) is 0 Å². The molecular formula is C14H22O2Si. The average Bonchev–Trinajstić information content (AvgIpc) is 2.14. The van der Waals surface area contributed by atoms with Gasteiger partial charge in [0, 0.05) is 0 Å². The van der Waals surface area contributed by atoms with E-state index in [4.69, 9.17) is 4.43 Å². The first-order chi connectivity index (χ1) is 7.63. The van der Waals surface area contributed by atoms with E-state index in [0.717, 1.165) is 11.8 Å². The van der Waals surface area contributed by atoms with Gasteiger partial charge in [-0.2, -0.15) is 0 Å². The quantitative estimate of drug-likeness (QED) is 0.598. The van der Waals surface area contributed by atoms with E-state index < -0.39 is 8.32 Å². The second-order valence-corrected chi connectivity index (χ2v) is 10.8. The predicted octanol–water partition coefficient (Wildman–Crippen LogP) is 4.01. The SMILES string of the molecule is CC(C)(C)c1ccc(O[Si](C)(C)C)c(C=O)c1. The zero-order chi connectivity index (χ0) is 13.3. The molecule has 0 unspecified atom stereocenters. The zero-order valence-electron chi connectivity index (χ0n) is 11.6. The van der Waals surface area contributed by atoms with E-state index in [-0.39, 0.29) is 5.41 Å². The Kier molecular flexibility index (Phi) is 3.82. The van der Waals surface area contributed by atoms with Crippen LogP contribution in [0.1, 0.15) is 36.7 Å². The number of benzene rings is 1. The first-order valence-electron chi connectivity index (χ1n) is 5.92. The Labute approximate surface area is 105 Å². The molecule has 1 aromatic rings. The highest BCUT2D eigenvalue weighted by molar-refractivity contribution is 6.70. The number of rotatable bonds is 3. The highest BCUT2D eigenvalue weighted by atomic mass is 28.4. The van der Waals surface area contributed by atoms with Crippen molar-refractivity contribution in [3.63, 3.8) is 0 Å². The molecule has 0 aliphatic rings. The first-order valence-corrected chi connectivity index (χ1v) is 9.33. The summed E-state index contributed by atoms with van der Waals surface area (Å²) in [6.45, 7) is 12.7. The normalized spacial score (nSPS) is 12.4. The number of carbonyl (C=O) groups is 1. The molecular weight excluding hydrogens is 228 g/mol. The van der Waals surface area contributed by atoms with Gasteiger partial charge in [0.2, 0.25) is 8.32 Å². The van der Waals surface area contributed by atoms with Crippen LogP contribution in [-0.2, 0) is 5.41 Å². The maximum atomic E-state index is 11.1. The fourth-order valence-corrected chi connectivity index (χ4v) is 2.38. The predicted molar refractivity (Wildman–Crippen MR) is 74.5 cm³/mol. The number of aldehydes is 1. The van der Waals surface area contributed by atoms with Crippen molar-refractivity contribution in [3.05, 3.63) is 29.3 Å². The average molecular weight is 250 g/mol. The lowest BCUT2D eigenvalue weighted by atomic mass is 9.86. The van der Waals surface area contributed by atoms with Gasteiger partial charge in [-0.1, -0.05) is 26.8 Å². The van der Waals surface area contributed by atoms with E-state index in [9.17, 15) is 4.79 Å². The highest BCUT2D eigenvalue weighted by Gasteiger charge is 2.20. The lowest BCUT2D eigenvalue weighted by molar-refractivity contribution is 0.112. The summed E-state index contributed by atoms with van der Waals surface area (Å²) in [4.78, 5) is 11.1. The molecule has 0 radical (unpaired) electrons. The third-order valence-electron chi connectivity index (χ3n) is 2.42. The Hall–Kier alpha value is -1.09. The topological polar surface area (TPSA) is 26.3 Å². The molecule has 0 aliphatic heterocycles. The molecule has 94 valence electrons. The number of hydrogen-bond acceptors (Lipinski definition) is 2. The maximum absolute atomic E-state index is 11.1. The summed E-state index contributed by atoms with van der Waals surface area (Å²) in [6, 6.07) is 5.90. The molecule has 0 heterocycles. The standard InChI is InChI=1S/C14H22O2Si/c1-14(2,3)12-7-8-13(11(9-12)10-15)16-17(4,5)6/h7-10H,1-6H3. The summed E-state index contributed by atoms with van der Waals surface area (Å²) in [5, 5.41) is 0. The lowest BCUT2D eigenvalue weighted by Gasteiger charge is -2.23. The Bertz CT molecular complexity index is 411. The van der Waals surface area contributed by atoms with Crippen molar-refractivity contribution in [1.82, 2.24) is 0 Å². The van der Waals surface area contributed by atoms with Gasteiger partial charge < -0.3 is 4.43 Å². The monoisotopic (exact) mass is 250 g/mol. The summed E-state index contributed by atoms with van der Waals surface area (Å²) in [5.41, 5.74) is 1.86. The molecule has 0 aromatic heterocycles. The summed E-state index contributed by atoms with van der Waals surface area (Å²) in [5.74, 6) is 0.715. The Balaban J connectivity index is 3.15. The summed E-state index contributed by atoms with van der Waals surface area (Å²) >= 11 is 0. The van der Waals surface area contributed by atoms with Crippen LogP contribution in [0.3, 0.4) is 0 Å². The smallest absolute Gasteiger partial charge is 0.242 e. The molecule has 0 aliphatic carbocycles. The van der Waals surface area contributed by atoms with Crippen LogP contribution < -0.4 is 4.43 Å². The maximum Gasteiger partial charge on any atom is 0.242 e. The van der Waals surface area contributed by atoms with Gasteiger partial charge in [-0.3, -0.25) is 4.79 Å². The van der Waals surface area contributed by atoms with Gasteiger partial charge in [-0.15, -0.1) is 0 Å². The zero-order valence-corrected chi connectivity index (χ0v) is 12.6. The van der Waals surface area contributed by atoms with E-state index in [0.29, 0.717) is 11.3 Å². The van der Waals surface area contributed by atoms with Gasteiger partial charge in [0.1, 0.15) is 5.75 Å². The summed E-state index contributed by atoms with van der Waals surface area (Å²) in [7, 11) is -1.67. The minimum Gasteiger partial charge on any atom is -0.544 e. The molecule has 2 nitrogen and oxygen atoms in total. The molecule has 0 atom stereocenters. The van der Waals surface area contributed by atoms with Gasteiger partial charge in [-0.25, -0.2) is 0 Å². The van der Waals surface area contributed by atoms with Crippen LogP contribution in [-0.4, -0.2) is 14.6 Å². The van der Waals surface area contributed by atoms with Crippen LogP contribution in [0.2, 0.25) is 19.6 Å². The van der Waals surface area contributed by atoms with Crippen LogP contribution >= 0.6 is 0 Å². The molecule has 0 amide bonds. The van der Waals surface area contributed by atoms with E-state index in [1.807, 2.05) is 18.2 Å². The Morgan fingerprint density at radius 3 is 2.18 bits per heavy atom. The van der Waals surface area contributed by atoms with Gasteiger partial charge in [0.05, 0.1) is 5.56 Å². The van der Waals surface area contributed by atoms with Crippen LogP contribution in [0, 0.1) is 0 Å². The van der Waals surface area contributed by atoms with Crippen molar-refractivity contribution in [2.45, 2.75) is 45.8 Å². The molecule has 0 fully saturated rings. The number of hydrogen-bond donors (Lipinski definition) is 0. The molecule has 1 rings (SSSR count). The minimum absolute atomic E-state index is 0.0510. The number of carbonyl (C=O) groups excluding carboxylic acids is 1. The van der Waals surface area contributed by atoms with Crippen LogP contribution in [0.25, 0.3) is 0 Å². The third-order valence-corrected chi connectivity index (χ3v) is 3.25. The third kappa shape index (κ3) is 4.00. The van der Waals surface area contributed by atoms with Gasteiger partial charge in [-0.05, 0) is 42.8 Å². The lowest BCUT2D eigenvalue weighted by Crippen LogP contribution is -2.29. The van der Waals surface area contributed by atoms with Crippen molar-refractivity contribution in [1.29, 1.82) is 0 Å². The fourth-order valence-electron chi connectivity index (χ4n) is 1.53. The molecule has 0 saturated carbocycles. The second-order valence-electron chi connectivity index (χ2n) is 6.33. The van der Waals surface area contributed by atoms with E-state index >= 15 is 0 Å². The fraction of sp³-hybridized carbons (Fsp3) is 0.500. The van der Waals surface area contributed by atoms with E-state index in [1.54, 1.807) is 0 Å². The minimum atomic E-state index is -1.67. The molecule has 17 heavy (non-hydrogen) atoms. The molecule has 3 heteroatoms. The van der Waals surface area contributed by atoms with Gasteiger partial charge in [0.15, 0.2) is 6.29 Å². The van der Waals surface area contributed by atoms with Crippen molar-refractivity contribution in [3.8, 4) is 5.75 Å². The molecule has 0 spiro atoms. The summed E-state index contributed by atoms with van der Waals surface area (Å²) < 4.78 is 5.90. The largest absolute Gasteiger partial charge is 0.544 e. The van der Waals surface area contributed by atoms with Crippen molar-refractivity contribution >= 4 is 14.6 Å². The van der Waals surface area contributed by atoms with Gasteiger partial charge in [0.25, 0.3) is 0 Å². The van der Waals surface area contributed by atoms with Gasteiger partial charge >= 0.3 is 0 Å². The van der Waals surface area contributed by atoms with E-state index in [2.05, 4.69) is 40.4 Å². The molecule has 1 aromatic carbocycles. The van der Waals surface area contributed by atoms with E-state index in [1.165, 1.54) is 0 Å². The first kappa shape index (κ1) is 14.0. The molecule has 0 bridgehead atoms. The summed E-state index contributed by atoms with van der Waals surface area (Å²) in [6.07, 6.45) is 0.880. The molecule has 0 N–H and O–H groups in total. The van der Waals surface area contributed by atoms with Crippen molar-refractivity contribution < 1.29 is 9.22 Å². The van der Waals surface area contributed by atoms with Crippen LogP contribution in [0.4, 0.5) is 0 Å². The Morgan fingerprint density at radius 1 is 1.18 bits per heavy atom. The van der Waals surface area contributed by atoms with Crippen LogP contribution in [0.15, 0.2) is 18.2 Å². The van der Waals surface area contributed by atoms with Crippen molar-refractivity contribution in [2.75, 3.05) is 0 Å². The second kappa shape index (κ2) is 4.65. The van der Waals surface area contributed by atoms with Crippen LogP contribution in [0.5, 0.6) is 5.75 Å². The highest BCUT2D eigenvalue weighted by Crippen LogP contribution is 2.28. The Morgan fingerprint density at radius 2 is 1.76 bits per heavy atom. The molecule has 0 saturated heterocycles.